The summed E-state index contributed by atoms with van der Waals surface area (Å²) in [6.45, 7) is 0. The van der Waals surface area contributed by atoms with Gasteiger partial charge in [0, 0.05) is 37.7 Å². The quantitative estimate of drug-likeness (QED) is 0.233. The van der Waals surface area contributed by atoms with Crippen LogP contribution in [0.15, 0.2) is 133 Å². The molecule has 5 aromatic carbocycles. The average Bonchev–Trinajstić information content (AvgIpc) is 3.37. The van der Waals surface area contributed by atoms with Crippen LogP contribution < -0.4 is 0 Å². The summed E-state index contributed by atoms with van der Waals surface area (Å²) >= 11 is 1.85. The Labute approximate surface area is 225 Å². The Morgan fingerprint density at radius 2 is 1.05 bits per heavy atom. The SMILES string of the molecule is c1ccc(-c2cc(-c3ccccc3)nc(Cc3ccc4sc5ccccc5c4c3-c3ccccc3)n2)cc1. The highest BCUT2D eigenvalue weighted by atomic mass is 32.1. The molecule has 0 atom stereocenters. The Hall–Kier alpha value is -4.60. The van der Waals surface area contributed by atoms with Gasteiger partial charge < -0.3 is 0 Å². The van der Waals surface area contributed by atoms with E-state index in [2.05, 4.69) is 121 Å². The van der Waals surface area contributed by atoms with Crippen molar-refractivity contribution in [2.24, 2.45) is 0 Å². The number of rotatable bonds is 5. The molecule has 2 aromatic heterocycles. The van der Waals surface area contributed by atoms with Crippen LogP contribution in [0.5, 0.6) is 0 Å². The minimum atomic E-state index is 0.644. The fourth-order valence-electron chi connectivity index (χ4n) is 5.20. The van der Waals surface area contributed by atoms with Crippen molar-refractivity contribution in [3.05, 3.63) is 145 Å². The maximum Gasteiger partial charge on any atom is 0.134 e. The molecule has 0 saturated carbocycles. The van der Waals surface area contributed by atoms with E-state index in [1.807, 2.05) is 23.5 Å². The molecular formula is C35H24N2S. The Morgan fingerprint density at radius 3 is 1.68 bits per heavy atom. The van der Waals surface area contributed by atoms with E-state index < -0.39 is 0 Å². The van der Waals surface area contributed by atoms with Gasteiger partial charge in [0.15, 0.2) is 0 Å². The van der Waals surface area contributed by atoms with Gasteiger partial charge in [-0.2, -0.15) is 0 Å². The van der Waals surface area contributed by atoms with Crippen molar-refractivity contribution in [2.75, 3.05) is 0 Å². The molecule has 0 amide bonds. The Balaban J connectivity index is 1.44. The van der Waals surface area contributed by atoms with Crippen molar-refractivity contribution in [2.45, 2.75) is 6.42 Å². The van der Waals surface area contributed by atoms with Crippen molar-refractivity contribution in [3.63, 3.8) is 0 Å². The van der Waals surface area contributed by atoms with E-state index in [-0.39, 0.29) is 0 Å². The molecule has 7 aromatic rings. The molecule has 0 unspecified atom stereocenters. The summed E-state index contributed by atoms with van der Waals surface area (Å²) in [5.74, 6) is 0.821. The number of nitrogens with zero attached hydrogens (tertiary/aromatic N) is 2. The van der Waals surface area contributed by atoms with Gasteiger partial charge in [-0.05, 0) is 34.9 Å². The van der Waals surface area contributed by atoms with Crippen LogP contribution in [0.4, 0.5) is 0 Å². The second kappa shape index (κ2) is 9.70. The van der Waals surface area contributed by atoms with Crippen molar-refractivity contribution in [1.29, 1.82) is 0 Å². The normalized spacial score (nSPS) is 11.3. The van der Waals surface area contributed by atoms with Crippen molar-refractivity contribution < 1.29 is 0 Å². The first-order chi connectivity index (χ1) is 18.8. The highest BCUT2D eigenvalue weighted by Gasteiger charge is 2.17. The third-order valence-electron chi connectivity index (χ3n) is 6.95. The van der Waals surface area contributed by atoms with Crippen molar-refractivity contribution in [1.82, 2.24) is 9.97 Å². The second-order valence-electron chi connectivity index (χ2n) is 9.40. The standard InChI is InChI=1S/C35H24N2S/c1-4-12-24(13-5-1)29-23-30(25-14-6-2-7-15-25)37-33(36-29)22-27-20-21-32-35(28-18-10-11-19-31(28)38-32)34(27)26-16-8-3-9-17-26/h1-21,23H,22H2. The summed E-state index contributed by atoms with van der Waals surface area (Å²) in [7, 11) is 0. The van der Waals surface area contributed by atoms with E-state index in [9.17, 15) is 0 Å². The summed E-state index contributed by atoms with van der Waals surface area (Å²) in [5, 5.41) is 2.62. The molecule has 0 aliphatic carbocycles. The minimum absolute atomic E-state index is 0.644. The van der Waals surface area contributed by atoms with E-state index in [1.165, 1.54) is 36.9 Å². The lowest BCUT2D eigenvalue weighted by Crippen LogP contribution is -2.02. The van der Waals surface area contributed by atoms with Crippen LogP contribution >= 0.6 is 11.3 Å². The van der Waals surface area contributed by atoms with Gasteiger partial charge in [0.05, 0.1) is 11.4 Å². The van der Waals surface area contributed by atoms with Crippen LogP contribution in [-0.2, 0) is 6.42 Å². The van der Waals surface area contributed by atoms with Crippen LogP contribution in [-0.4, -0.2) is 9.97 Å². The third kappa shape index (κ3) is 4.17. The summed E-state index contributed by atoms with van der Waals surface area (Å²) in [5.41, 5.74) is 7.80. The van der Waals surface area contributed by atoms with Gasteiger partial charge >= 0.3 is 0 Å². The van der Waals surface area contributed by atoms with Gasteiger partial charge in [0.2, 0.25) is 0 Å². The molecule has 3 heteroatoms. The zero-order valence-electron chi connectivity index (χ0n) is 20.7. The van der Waals surface area contributed by atoms with Crippen LogP contribution in [0.2, 0.25) is 0 Å². The lowest BCUT2D eigenvalue weighted by Gasteiger charge is -2.14. The van der Waals surface area contributed by atoms with Gasteiger partial charge in [-0.25, -0.2) is 9.97 Å². The molecule has 2 heterocycles. The predicted molar refractivity (Wildman–Crippen MR) is 160 cm³/mol. The molecule has 0 aliphatic rings. The molecule has 38 heavy (non-hydrogen) atoms. The van der Waals surface area contributed by atoms with Crippen LogP contribution in [0.3, 0.4) is 0 Å². The number of thiophene rings is 1. The molecule has 0 spiro atoms. The third-order valence-corrected chi connectivity index (χ3v) is 8.09. The first-order valence-electron chi connectivity index (χ1n) is 12.8. The number of hydrogen-bond donors (Lipinski definition) is 0. The Morgan fingerprint density at radius 1 is 0.500 bits per heavy atom. The van der Waals surface area contributed by atoms with E-state index >= 15 is 0 Å². The fraction of sp³-hybridized carbons (Fsp3) is 0.0286. The first-order valence-corrected chi connectivity index (χ1v) is 13.6. The highest BCUT2D eigenvalue weighted by Crippen LogP contribution is 2.42. The smallest absolute Gasteiger partial charge is 0.134 e. The lowest BCUT2D eigenvalue weighted by atomic mass is 9.92. The van der Waals surface area contributed by atoms with Gasteiger partial charge in [-0.3, -0.25) is 0 Å². The zero-order chi connectivity index (χ0) is 25.3. The van der Waals surface area contributed by atoms with Gasteiger partial charge in [-0.1, -0.05) is 115 Å². The number of benzene rings is 5. The summed E-state index contributed by atoms with van der Waals surface area (Å²) in [6, 6.07) is 46.8. The highest BCUT2D eigenvalue weighted by molar-refractivity contribution is 7.25. The Kier molecular flexibility index (Phi) is 5.76. The van der Waals surface area contributed by atoms with Crippen LogP contribution in [0, 0.1) is 0 Å². The van der Waals surface area contributed by atoms with Crippen molar-refractivity contribution in [3.8, 4) is 33.6 Å². The van der Waals surface area contributed by atoms with Gasteiger partial charge in [0.25, 0.3) is 0 Å². The molecular weight excluding hydrogens is 480 g/mol. The molecule has 7 rings (SSSR count). The molecule has 0 saturated heterocycles. The molecule has 2 nitrogen and oxygen atoms in total. The number of aromatic nitrogens is 2. The maximum absolute atomic E-state index is 5.08. The minimum Gasteiger partial charge on any atom is -0.233 e. The Bertz CT molecular complexity index is 1820. The largest absolute Gasteiger partial charge is 0.233 e. The van der Waals surface area contributed by atoms with E-state index in [0.717, 1.165) is 28.3 Å². The summed E-state index contributed by atoms with van der Waals surface area (Å²) in [4.78, 5) is 10.2. The van der Waals surface area contributed by atoms with Gasteiger partial charge in [0.1, 0.15) is 5.82 Å². The van der Waals surface area contributed by atoms with Crippen LogP contribution in [0.1, 0.15) is 11.4 Å². The molecule has 0 N–H and O–H groups in total. The number of hydrogen-bond acceptors (Lipinski definition) is 3. The van der Waals surface area contributed by atoms with Crippen molar-refractivity contribution >= 4 is 31.5 Å². The van der Waals surface area contributed by atoms with Gasteiger partial charge in [-0.15, -0.1) is 11.3 Å². The monoisotopic (exact) mass is 504 g/mol. The average molecular weight is 505 g/mol. The topological polar surface area (TPSA) is 25.8 Å². The summed E-state index contributed by atoms with van der Waals surface area (Å²) < 4.78 is 2.61. The second-order valence-corrected chi connectivity index (χ2v) is 10.5. The van der Waals surface area contributed by atoms with E-state index in [1.54, 1.807) is 0 Å². The first kappa shape index (κ1) is 22.6. The van der Waals surface area contributed by atoms with E-state index in [4.69, 9.17) is 9.97 Å². The summed E-state index contributed by atoms with van der Waals surface area (Å²) in [6.07, 6.45) is 0.644. The fourth-order valence-corrected chi connectivity index (χ4v) is 6.32. The molecule has 0 radical (unpaired) electrons. The predicted octanol–water partition coefficient (Wildman–Crippen LogP) is 9.44. The molecule has 0 bridgehead atoms. The lowest BCUT2D eigenvalue weighted by molar-refractivity contribution is 0.979. The van der Waals surface area contributed by atoms with Crippen LogP contribution in [0.25, 0.3) is 53.8 Å². The molecule has 180 valence electrons. The molecule has 0 fully saturated rings. The molecule has 0 aliphatic heterocycles. The van der Waals surface area contributed by atoms with E-state index in [0.29, 0.717) is 6.42 Å². The maximum atomic E-state index is 5.08. The zero-order valence-corrected chi connectivity index (χ0v) is 21.5. The number of fused-ring (bicyclic) bond motifs is 3.